The highest BCUT2D eigenvalue weighted by molar-refractivity contribution is 5.90. The first-order valence-corrected chi connectivity index (χ1v) is 8.89. The number of aryl methyl sites for hydroxylation is 3. The Kier molecular flexibility index (Phi) is 5.86. The monoisotopic (exact) mass is 365 g/mol. The minimum absolute atomic E-state index is 0.0224. The molecular formula is C21H23N3O3. The van der Waals surface area contributed by atoms with Crippen molar-refractivity contribution in [3.05, 3.63) is 59.5 Å². The molecule has 0 bridgehead atoms. The van der Waals surface area contributed by atoms with Gasteiger partial charge < -0.3 is 14.6 Å². The van der Waals surface area contributed by atoms with Gasteiger partial charge >= 0.3 is 0 Å². The highest BCUT2D eigenvalue weighted by Crippen LogP contribution is 2.21. The zero-order valence-corrected chi connectivity index (χ0v) is 15.8. The van der Waals surface area contributed by atoms with Crippen LogP contribution in [0.4, 0.5) is 5.69 Å². The van der Waals surface area contributed by atoms with E-state index in [9.17, 15) is 4.79 Å². The Labute approximate surface area is 158 Å². The topological polar surface area (TPSA) is 77.2 Å². The highest BCUT2D eigenvalue weighted by Gasteiger charge is 2.10. The number of carbonyl (C=O) groups excluding carboxylic acids is 1. The molecule has 6 nitrogen and oxygen atoms in total. The first-order chi connectivity index (χ1) is 13.0. The van der Waals surface area contributed by atoms with Gasteiger partial charge in [-0.15, -0.1) is 0 Å². The highest BCUT2D eigenvalue weighted by atomic mass is 16.5. The molecule has 140 valence electrons. The summed E-state index contributed by atoms with van der Waals surface area (Å²) < 4.78 is 10.5. The summed E-state index contributed by atoms with van der Waals surface area (Å²) in [6.45, 7) is 4.07. The summed E-state index contributed by atoms with van der Waals surface area (Å²) in [6.07, 6.45) is 1.58. The van der Waals surface area contributed by atoms with E-state index in [1.165, 1.54) is 5.56 Å². The molecule has 1 heterocycles. The fourth-order valence-electron chi connectivity index (χ4n) is 2.68. The van der Waals surface area contributed by atoms with Gasteiger partial charge in [0.05, 0.1) is 7.11 Å². The number of hydrogen-bond donors (Lipinski definition) is 1. The molecule has 1 aromatic heterocycles. The van der Waals surface area contributed by atoms with Crippen LogP contribution in [0.1, 0.15) is 29.9 Å². The van der Waals surface area contributed by atoms with Gasteiger partial charge in [-0.1, -0.05) is 23.4 Å². The minimum atomic E-state index is -0.0224. The van der Waals surface area contributed by atoms with Crippen LogP contribution in [-0.4, -0.2) is 23.2 Å². The number of aromatic nitrogens is 2. The number of nitrogens with one attached hydrogen (secondary N) is 1. The van der Waals surface area contributed by atoms with Crippen molar-refractivity contribution in [3.8, 4) is 17.1 Å². The van der Waals surface area contributed by atoms with Crippen LogP contribution in [0.15, 0.2) is 47.0 Å². The lowest BCUT2D eigenvalue weighted by molar-refractivity contribution is -0.116. The molecule has 0 aliphatic rings. The van der Waals surface area contributed by atoms with Crippen molar-refractivity contribution in [1.29, 1.82) is 0 Å². The van der Waals surface area contributed by atoms with E-state index in [1.54, 1.807) is 7.11 Å². The molecule has 0 unspecified atom stereocenters. The Balaban J connectivity index is 1.51. The Morgan fingerprint density at radius 1 is 1.15 bits per heavy atom. The van der Waals surface area contributed by atoms with Gasteiger partial charge in [-0.05, 0) is 55.7 Å². The maximum Gasteiger partial charge on any atom is 0.226 e. The third-order valence-corrected chi connectivity index (χ3v) is 4.38. The van der Waals surface area contributed by atoms with Crippen LogP contribution in [0, 0.1) is 13.8 Å². The van der Waals surface area contributed by atoms with Crippen molar-refractivity contribution >= 4 is 11.6 Å². The lowest BCUT2D eigenvalue weighted by Crippen LogP contribution is -2.11. The van der Waals surface area contributed by atoms with Crippen LogP contribution < -0.4 is 10.1 Å². The molecule has 1 amide bonds. The Bertz CT molecular complexity index is 934. The standard InChI is InChI=1S/C21H23N3O3/c1-14-10-11-17(12-15(14)2)22-19(25)8-5-9-20-23-21(24-27-20)16-6-4-7-18(13-16)26-3/h4,6-7,10-13H,5,8-9H2,1-3H3,(H,22,25). The van der Waals surface area contributed by atoms with E-state index in [0.29, 0.717) is 31.0 Å². The smallest absolute Gasteiger partial charge is 0.226 e. The normalized spacial score (nSPS) is 10.6. The summed E-state index contributed by atoms with van der Waals surface area (Å²) in [4.78, 5) is 16.5. The number of amides is 1. The fraction of sp³-hybridized carbons (Fsp3) is 0.286. The number of ether oxygens (including phenoxy) is 1. The fourth-order valence-corrected chi connectivity index (χ4v) is 2.68. The maximum absolute atomic E-state index is 12.1. The van der Waals surface area contributed by atoms with Gasteiger partial charge in [0, 0.05) is 24.1 Å². The molecule has 27 heavy (non-hydrogen) atoms. The number of benzene rings is 2. The molecule has 3 aromatic rings. The van der Waals surface area contributed by atoms with Crippen molar-refractivity contribution < 1.29 is 14.1 Å². The molecular weight excluding hydrogens is 342 g/mol. The molecule has 0 radical (unpaired) electrons. The Morgan fingerprint density at radius 2 is 2.00 bits per heavy atom. The quantitative estimate of drug-likeness (QED) is 0.674. The Morgan fingerprint density at radius 3 is 2.78 bits per heavy atom. The first kappa shape index (κ1) is 18.6. The van der Waals surface area contributed by atoms with Gasteiger partial charge in [0.1, 0.15) is 5.75 Å². The van der Waals surface area contributed by atoms with E-state index >= 15 is 0 Å². The molecule has 2 aromatic carbocycles. The van der Waals surface area contributed by atoms with Gasteiger partial charge in [0.25, 0.3) is 0 Å². The summed E-state index contributed by atoms with van der Waals surface area (Å²) in [6, 6.07) is 13.4. The summed E-state index contributed by atoms with van der Waals surface area (Å²) in [7, 11) is 1.61. The molecule has 0 aliphatic heterocycles. The van der Waals surface area contributed by atoms with Crippen LogP contribution in [-0.2, 0) is 11.2 Å². The summed E-state index contributed by atoms with van der Waals surface area (Å²) >= 11 is 0. The van der Waals surface area contributed by atoms with E-state index in [2.05, 4.69) is 15.5 Å². The third kappa shape index (κ3) is 4.94. The van der Waals surface area contributed by atoms with Crippen molar-refractivity contribution in [2.45, 2.75) is 33.1 Å². The SMILES string of the molecule is COc1cccc(-c2noc(CCCC(=O)Nc3ccc(C)c(C)c3)n2)c1. The lowest BCUT2D eigenvalue weighted by atomic mass is 10.1. The average Bonchev–Trinajstić information content (AvgIpc) is 3.14. The van der Waals surface area contributed by atoms with Crippen molar-refractivity contribution in [2.24, 2.45) is 0 Å². The molecule has 0 fully saturated rings. The zero-order chi connectivity index (χ0) is 19.2. The van der Waals surface area contributed by atoms with Gasteiger partial charge in [0.2, 0.25) is 17.6 Å². The van der Waals surface area contributed by atoms with Crippen molar-refractivity contribution in [2.75, 3.05) is 12.4 Å². The number of carbonyl (C=O) groups is 1. The van der Waals surface area contributed by atoms with Crippen LogP contribution in [0.2, 0.25) is 0 Å². The third-order valence-electron chi connectivity index (χ3n) is 4.38. The van der Waals surface area contributed by atoms with Crippen LogP contribution >= 0.6 is 0 Å². The number of hydrogen-bond acceptors (Lipinski definition) is 5. The van der Waals surface area contributed by atoms with E-state index in [1.807, 2.05) is 56.3 Å². The minimum Gasteiger partial charge on any atom is -0.497 e. The molecule has 0 saturated carbocycles. The molecule has 0 aliphatic carbocycles. The van der Waals surface area contributed by atoms with Gasteiger partial charge in [0.15, 0.2) is 0 Å². The maximum atomic E-state index is 12.1. The Hall–Kier alpha value is -3.15. The first-order valence-electron chi connectivity index (χ1n) is 8.89. The number of rotatable bonds is 7. The van der Waals surface area contributed by atoms with Crippen LogP contribution in [0.5, 0.6) is 5.75 Å². The van der Waals surface area contributed by atoms with E-state index < -0.39 is 0 Å². The molecule has 0 spiro atoms. The molecule has 0 saturated heterocycles. The lowest BCUT2D eigenvalue weighted by Gasteiger charge is -2.07. The molecule has 3 rings (SSSR count). The van der Waals surface area contributed by atoms with E-state index in [0.717, 1.165) is 22.6 Å². The predicted octanol–water partition coefficient (Wildman–Crippen LogP) is 4.32. The molecule has 1 N–H and O–H groups in total. The molecule has 6 heteroatoms. The zero-order valence-electron chi connectivity index (χ0n) is 15.8. The summed E-state index contributed by atoms with van der Waals surface area (Å²) in [5.74, 6) is 1.75. The van der Waals surface area contributed by atoms with Crippen LogP contribution in [0.25, 0.3) is 11.4 Å². The van der Waals surface area contributed by atoms with Crippen LogP contribution in [0.3, 0.4) is 0 Å². The van der Waals surface area contributed by atoms with Crippen molar-refractivity contribution in [3.63, 3.8) is 0 Å². The summed E-state index contributed by atoms with van der Waals surface area (Å²) in [5, 5.41) is 6.92. The second-order valence-corrected chi connectivity index (χ2v) is 6.44. The van der Waals surface area contributed by atoms with E-state index in [-0.39, 0.29) is 5.91 Å². The van der Waals surface area contributed by atoms with E-state index in [4.69, 9.17) is 9.26 Å². The number of nitrogens with zero attached hydrogens (tertiary/aromatic N) is 2. The number of anilines is 1. The van der Waals surface area contributed by atoms with Crippen molar-refractivity contribution in [1.82, 2.24) is 10.1 Å². The predicted molar refractivity (Wildman–Crippen MR) is 104 cm³/mol. The summed E-state index contributed by atoms with van der Waals surface area (Å²) in [5.41, 5.74) is 4.01. The van der Waals surface area contributed by atoms with Gasteiger partial charge in [-0.25, -0.2) is 0 Å². The second-order valence-electron chi connectivity index (χ2n) is 6.44. The largest absolute Gasteiger partial charge is 0.497 e. The average molecular weight is 365 g/mol. The molecule has 0 atom stereocenters. The van der Waals surface area contributed by atoms with Gasteiger partial charge in [-0.3, -0.25) is 4.79 Å². The number of methoxy groups -OCH3 is 1. The van der Waals surface area contributed by atoms with Gasteiger partial charge in [-0.2, -0.15) is 4.98 Å². The second kappa shape index (κ2) is 8.49.